The van der Waals surface area contributed by atoms with E-state index in [0.717, 1.165) is 32.1 Å². The zero-order valence-corrected chi connectivity index (χ0v) is 15.9. The third-order valence-corrected chi connectivity index (χ3v) is 4.74. The quantitative estimate of drug-likeness (QED) is 0.609. The molecule has 2 atom stereocenters. The van der Waals surface area contributed by atoms with Crippen molar-refractivity contribution < 1.29 is 32.5 Å². The van der Waals surface area contributed by atoms with Crippen LogP contribution in [0.1, 0.15) is 44.1 Å². The molecule has 0 aromatic heterocycles. The number of ether oxygens (including phenoxy) is 3. The Balaban J connectivity index is 0.000000181. The van der Waals surface area contributed by atoms with Crippen LogP contribution in [0.2, 0.25) is 0 Å². The van der Waals surface area contributed by atoms with Gasteiger partial charge in [-0.05, 0) is 73.2 Å². The minimum absolute atomic E-state index is 0.00292. The van der Waals surface area contributed by atoms with Gasteiger partial charge in [-0.3, -0.25) is 0 Å². The summed E-state index contributed by atoms with van der Waals surface area (Å²) < 4.78 is 53.0. The normalized spacial score (nSPS) is 24.3. The Labute approximate surface area is 158 Å². The largest absolute Gasteiger partial charge is 0.506 e. The molecule has 8 heteroatoms. The van der Waals surface area contributed by atoms with E-state index < -0.39 is 17.5 Å². The molecule has 142 valence electrons. The van der Waals surface area contributed by atoms with Gasteiger partial charge in [0.15, 0.2) is 12.6 Å². The van der Waals surface area contributed by atoms with Crippen molar-refractivity contribution in [3.8, 4) is 5.75 Å². The third kappa shape index (κ3) is 6.92. The molecule has 2 unspecified atom stereocenters. The number of rotatable bonds is 2. The van der Waals surface area contributed by atoms with Crippen molar-refractivity contribution in [2.24, 2.45) is 0 Å². The van der Waals surface area contributed by atoms with Crippen molar-refractivity contribution in [2.75, 3.05) is 13.2 Å². The number of alkyl halides is 3. The Kier molecular flexibility index (Phi) is 8.24. The van der Waals surface area contributed by atoms with Gasteiger partial charge in [0.2, 0.25) is 0 Å². The first-order valence-corrected chi connectivity index (χ1v) is 9.39. The molecule has 2 aliphatic rings. The zero-order chi connectivity index (χ0) is 18.3. The van der Waals surface area contributed by atoms with Crippen LogP contribution in [0.3, 0.4) is 0 Å². The third-order valence-electron chi connectivity index (χ3n) is 3.87. The maximum Gasteiger partial charge on any atom is 0.419 e. The van der Waals surface area contributed by atoms with Gasteiger partial charge in [0.05, 0.1) is 9.13 Å². The van der Waals surface area contributed by atoms with Crippen LogP contribution in [0.4, 0.5) is 13.2 Å². The summed E-state index contributed by atoms with van der Waals surface area (Å²) in [6.45, 7) is 1.69. The number of hydrogen-bond acceptors (Lipinski definition) is 4. The smallest absolute Gasteiger partial charge is 0.419 e. The summed E-state index contributed by atoms with van der Waals surface area (Å²) in [5.41, 5.74) is -0.991. The lowest BCUT2D eigenvalue weighted by Gasteiger charge is -2.29. The Morgan fingerprint density at radius 1 is 1.00 bits per heavy atom. The van der Waals surface area contributed by atoms with Crippen LogP contribution in [0.5, 0.6) is 5.75 Å². The van der Waals surface area contributed by atoms with Gasteiger partial charge in [-0.25, -0.2) is 0 Å². The Hall–Kier alpha value is -0.580. The van der Waals surface area contributed by atoms with E-state index in [2.05, 4.69) is 0 Å². The molecular formula is C17H22F3IO4. The number of phenols is 1. The SMILES string of the molecule is C1CCC(OC2CCCCO2)OC1.Oc1c(I)cccc1C(F)(F)F. The second-order valence-corrected chi connectivity index (χ2v) is 7.02. The molecule has 0 spiro atoms. The zero-order valence-electron chi connectivity index (χ0n) is 13.7. The number of para-hydroxylation sites is 1. The maximum atomic E-state index is 12.1. The average Bonchev–Trinajstić information content (AvgIpc) is 2.59. The van der Waals surface area contributed by atoms with E-state index in [1.54, 1.807) is 22.6 Å². The van der Waals surface area contributed by atoms with E-state index in [-0.39, 0.29) is 16.2 Å². The van der Waals surface area contributed by atoms with Gasteiger partial charge in [-0.1, -0.05) is 6.07 Å². The lowest BCUT2D eigenvalue weighted by atomic mass is 10.2. The number of phenolic OH excluding ortho intramolecular Hbond substituents is 1. The van der Waals surface area contributed by atoms with Gasteiger partial charge < -0.3 is 19.3 Å². The van der Waals surface area contributed by atoms with Crippen LogP contribution in [-0.4, -0.2) is 30.9 Å². The van der Waals surface area contributed by atoms with E-state index in [1.165, 1.54) is 37.8 Å². The molecule has 0 radical (unpaired) electrons. The first-order chi connectivity index (χ1) is 11.9. The highest BCUT2D eigenvalue weighted by molar-refractivity contribution is 14.1. The van der Waals surface area contributed by atoms with Gasteiger partial charge in [-0.2, -0.15) is 13.2 Å². The average molecular weight is 474 g/mol. The molecular weight excluding hydrogens is 452 g/mol. The molecule has 1 N–H and O–H groups in total. The fraction of sp³-hybridized carbons (Fsp3) is 0.647. The molecule has 2 fully saturated rings. The highest BCUT2D eigenvalue weighted by atomic mass is 127. The minimum atomic E-state index is -4.48. The van der Waals surface area contributed by atoms with Crippen molar-refractivity contribution >= 4 is 22.6 Å². The fourth-order valence-electron chi connectivity index (χ4n) is 2.55. The lowest BCUT2D eigenvalue weighted by molar-refractivity contribution is -0.264. The van der Waals surface area contributed by atoms with Crippen LogP contribution < -0.4 is 0 Å². The molecule has 0 saturated carbocycles. The molecule has 0 aliphatic carbocycles. The standard InChI is InChI=1S/C10H18O3.C7H4F3IO/c1-3-7-11-9(5-1)13-10-6-2-4-8-12-10;8-7(9,10)4-2-1-3-5(11)6(4)12/h9-10H,1-8H2;1-3,12H. The molecule has 2 aliphatic heterocycles. The van der Waals surface area contributed by atoms with Crippen LogP contribution in [0.15, 0.2) is 18.2 Å². The van der Waals surface area contributed by atoms with Gasteiger partial charge in [0, 0.05) is 13.2 Å². The molecule has 0 amide bonds. The van der Waals surface area contributed by atoms with Gasteiger partial charge in [-0.15, -0.1) is 0 Å². The van der Waals surface area contributed by atoms with Crippen molar-refractivity contribution in [3.63, 3.8) is 0 Å². The fourth-order valence-corrected chi connectivity index (χ4v) is 3.05. The molecule has 3 rings (SSSR count). The maximum absolute atomic E-state index is 12.1. The summed E-state index contributed by atoms with van der Waals surface area (Å²) in [7, 11) is 0. The predicted molar refractivity (Wildman–Crippen MR) is 94.1 cm³/mol. The number of benzene rings is 1. The van der Waals surface area contributed by atoms with Gasteiger partial charge >= 0.3 is 6.18 Å². The highest BCUT2D eigenvalue weighted by Gasteiger charge is 2.34. The first kappa shape index (κ1) is 20.7. The van der Waals surface area contributed by atoms with Crippen molar-refractivity contribution in [1.82, 2.24) is 0 Å². The van der Waals surface area contributed by atoms with Crippen LogP contribution in [-0.2, 0) is 20.4 Å². The predicted octanol–water partition coefficient (Wildman–Crippen LogP) is 5.07. The van der Waals surface area contributed by atoms with E-state index in [9.17, 15) is 13.2 Å². The van der Waals surface area contributed by atoms with Crippen LogP contribution >= 0.6 is 22.6 Å². The highest BCUT2D eigenvalue weighted by Crippen LogP contribution is 2.37. The first-order valence-electron chi connectivity index (χ1n) is 8.31. The molecule has 1 aromatic carbocycles. The Bertz CT molecular complexity index is 511. The summed E-state index contributed by atoms with van der Waals surface area (Å²) in [6.07, 6.45) is 2.35. The second-order valence-electron chi connectivity index (χ2n) is 5.86. The van der Waals surface area contributed by atoms with Gasteiger partial charge in [0.1, 0.15) is 5.75 Å². The molecule has 25 heavy (non-hydrogen) atoms. The second kappa shape index (κ2) is 9.94. The lowest BCUT2D eigenvalue weighted by Crippen LogP contribution is -2.31. The van der Waals surface area contributed by atoms with Crippen LogP contribution in [0, 0.1) is 3.57 Å². The molecule has 4 nitrogen and oxygen atoms in total. The van der Waals surface area contributed by atoms with E-state index in [0.29, 0.717) is 0 Å². The molecule has 1 aromatic rings. The number of halogens is 4. The van der Waals surface area contributed by atoms with Crippen LogP contribution in [0.25, 0.3) is 0 Å². The Morgan fingerprint density at radius 2 is 1.56 bits per heavy atom. The molecule has 2 saturated heterocycles. The van der Waals surface area contributed by atoms with Gasteiger partial charge in [0.25, 0.3) is 0 Å². The summed E-state index contributed by atoms with van der Waals surface area (Å²) in [5, 5.41) is 9.01. The topological polar surface area (TPSA) is 47.9 Å². The molecule has 0 bridgehead atoms. The van der Waals surface area contributed by atoms with E-state index in [4.69, 9.17) is 19.3 Å². The van der Waals surface area contributed by atoms with Crippen molar-refractivity contribution in [3.05, 3.63) is 27.3 Å². The summed E-state index contributed by atoms with van der Waals surface area (Å²) in [5.74, 6) is -0.703. The monoisotopic (exact) mass is 474 g/mol. The van der Waals surface area contributed by atoms with Crippen molar-refractivity contribution in [2.45, 2.75) is 57.3 Å². The summed E-state index contributed by atoms with van der Waals surface area (Å²) >= 11 is 1.64. The number of hydrogen-bond donors (Lipinski definition) is 1. The minimum Gasteiger partial charge on any atom is -0.506 e. The Morgan fingerprint density at radius 3 is 1.96 bits per heavy atom. The van der Waals surface area contributed by atoms with Crippen molar-refractivity contribution in [1.29, 1.82) is 0 Å². The van der Waals surface area contributed by atoms with E-state index in [1.807, 2.05) is 0 Å². The molecule has 2 heterocycles. The number of aromatic hydroxyl groups is 1. The van der Waals surface area contributed by atoms with E-state index >= 15 is 0 Å². The summed E-state index contributed by atoms with van der Waals surface area (Å²) in [6, 6.07) is 3.51. The summed E-state index contributed by atoms with van der Waals surface area (Å²) in [4.78, 5) is 0.